The Bertz CT molecular complexity index is 273. The van der Waals surface area contributed by atoms with E-state index >= 15 is 0 Å². The molecule has 0 aromatic heterocycles. The van der Waals surface area contributed by atoms with Crippen LogP contribution < -0.4 is 0 Å². The summed E-state index contributed by atoms with van der Waals surface area (Å²) in [7, 11) is 0. The monoisotopic (exact) mass is 268 g/mol. The highest BCUT2D eigenvalue weighted by Gasteiger charge is 2.28. The van der Waals surface area contributed by atoms with Crippen LogP contribution in [0, 0.1) is 5.92 Å². The van der Waals surface area contributed by atoms with Crippen LogP contribution in [0.25, 0.3) is 0 Å². The van der Waals surface area contributed by atoms with Gasteiger partial charge >= 0.3 is 5.97 Å². The number of esters is 1. The van der Waals surface area contributed by atoms with E-state index in [2.05, 4.69) is 6.92 Å². The molecule has 110 valence electrons. The van der Waals surface area contributed by atoms with Crippen LogP contribution in [0.1, 0.15) is 77.6 Å². The highest BCUT2D eigenvalue weighted by Crippen LogP contribution is 2.20. The summed E-state index contributed by atoms with van der Waals surface area (Å²) in [6.07, 6.45) is 11.7. The van der Waals surface area contributed by atoms with Gasteiger partial charge in [0.15, 0.2) is 0 Å². The van der Waals surface area contributed by atoms with E-state index in [0.717, 1.165) is 19.3 Å². The summed E-state index contributed by atoms with van der Waals surface area (Å²) in [6, 6.07) is 0. The molecule has 3 nitrogen and oxygen atoms in total. The average molecular weight is 268 g/mol. The molecule has 1 unspecified atom stereocenters. The van der Waals surface area contributed by atoms with E-state index in [1.54, 1.807) is 0 Å². The lowest BCUT2D eigenvalue weighted by molar-refractivity contribution is -0.142. The van der Waals surface area contributed by atoms with Crippen LogP contribution in [-0.2, 0) is 14.3 Å². The zero-order chi connectivity index (χ0) is 13.9. The maximum absolute atomic E-state index is 11.7. The Labute approximate surface area is 117 Å². The van der Waals surface area contributed by atoms with E-state index in [0.29, 0.717) is 19.4 Å². The highest BCUT2D eigenvalue weighted by atomic mass is 16.5. The fourth-order valence-electron chi connectivity index (χ4n) is 2.56. The molecular formula is C16H28O3. The number of unbranched alkanes of at least 4 members (excludes halogenated alkanes) is 7. The maximum atomic E-state index is 11.7. The molecule has 0 bridgehead atoms. The minimum Gasteiger partial charge on any atom is -0.465 e. The van der Waals surface area contributed by atoms with Crippen LogP contribution in [0.4, 0.5) is 0 Å². The summed E-state index contributed by atoms with van der Waals surface area (Å²) in [5.74, 6) is -0.0966. The van der Waals surface area contributed by atoms with Crippen molar-refractivity contribution in [3.05, 3.63) is 0 Å². The molecule has 0 amide bonds. The second kappa shape index (κ2) is 9.99. The molecule has 0 aliphatic carbocycles. The molecule has 1 fully saturated rings. The molecule has 1 rings (SSSR count). The first-order valence-electron chi connectivity index (χ1n) is 7.92. The normalized spacial score (nSPS) is 18.6. The number of hydrogen-bond donors (Lipinski definition) is 0. The molecule has 19 heavy (non-hydrogen) atoms. The summed E-state index contributed by atoms with van der Waals surface area (Å²) in [5.41, 5.74) is 0. The van der Waals surface area contributed by atoms with Crippen LogP contribution in [0.2, 0.25) is 0 Å². The quantitative estimate of drug-likeness (QED) is 0.419. The van der Waals surface area contributed by atoms with Crippen molar-refractivity contribution in [1.82, 2.24) is 0 Å². The minimum absolute atomic E-state index is 0.151. The van der Waals surface area contributed by atoms with E-state index in [1.807, 2.05) is 0 Å². The molecule has 0 radical (unpaired) electrons. The van der Waals surface area contributed by atoms with E-state index in [-0.39, 0.29) is 17.7 Å². The van der Waals surface area contributed by atoms with Crippen molar-refractivity contribution < 1.29 is 14.3 Å². The topological polar surface area (TPSA) is 43.4 Å². The minimum atomic E-state index is -0.177. The Kier molecular flexibility index (Phi) is 8.52. The highest BCUT2D eigenvalue weighted by molar-refractivity contribution is 5.85. The molecule has 1 aliphatic heterocycles. The summed E-state index contributed by atoms with van der Waals surface area (Å²) in [6.45, 7) is 2.72. The van der Waals surface area contributed by atoms with E-state index < -0.39 is 0 Å². The third-order valence-corrected chi connectivity index (χ3v) is 3.83. The van der Waals surface area contributed by atoms with Gasteiger partial charge in [-0.1, -0.05) is 51.9 Å². The molecule has 3 heteroatoms. The van der Waals surface area contributed by atoms with Crippen molar-refractivity contribution in [2.45, 2.75) is 77.6 Å². The molecule has 0 saturated carbocycles. The number of cyclic esters (lactones) is 1. The molecule has 1 aliphatic rings. The Morgan fingerprint density at radius 2 is 1.74 bits per heavy atom. The van der Waals surface area contributed by atoms with Crippen molar-refractivity contribution >= 4 is 11.8 Å². The van der Waals surface area contributed by atoms with Crippen LogP contribution in [-0.4, -0.2) is 18.4 Å². The number of ketones is 1. The number of carbonyl (C=O) groups excluding carboxylic acids is 2. The molecule has 0 N–H and O–H groups in total. The lowest BCUT2D eigenvalue weighted by atomic mass is 9.98. The van der Waals surface area contributed by atoms with Gasteiger partial charge in [0.05, 0.1) is 12.5 Å². The smallest absolute Gasteiger partial charge is 0.309 e. The van der Waals surface area contributed by atoms with Crippen molar-refractivity contribution in [2.24, 2.45) is 5.92 Å². The van der Waals surface area contributed by atoms with Gasteiger partial charge in [0.2, 0.25) is 0 Å². The van der Waals surface area contributed by atoms with Gasteiger partial charge in [-0.2, -0.15) is 0 Å². The van der Waals surface area contributed by atoms with Crippen LogP contribution >= 0.6 is 0 Å². The third-order valence-electron chi connectivity index (χ3n) is 3.83. The predicted octanol–water partition coefficient (Wildman–Crippen LogP) is 4.04. The van der Waals surface area contributed by atoms with Gasteiger partial charge in [0.1, 0.15) is 5.78 Å². The molecule has 0 spiro atoms. The van der Waals surface area contributed by atoms with Gasteiger partial charge in [-0.25, -0.2) is 0 Å². The summed E-state index contributed by atoms with van der Waals surface area (Å²) in [4.78, 5) is 22.9. The maximum Gasteiger partial charge on any atom is 0.309 e. The van der Waals surface area contributed by atoms with Crippen LogP contribution in [0.15, 0.2) is 0 Å². The largest absolute Gasteiger partial charge is 0.465 e. The summed E-state index contributed by atoms with van der Waals surface area (Å²) < 4.78 is 4.86. The number of hydrogen-bond acceptors (Lipinski definition) is 3. The zero-order valence-electron chi connectivity index (χ0n) is 12.3. The van der Waals surface area contributed by atoms with E-state index in [4.69, 9.17) is 4.74 Å². The first-order chi connectivity index (χ1) is 9.24. The molecular weight excluding hydrogens is 240 g/mol. The third kappa shape index (κ3) is 7.34. The summed E-state index contributed by atoms with van der Waals surface area (Å²) in [5, 5.41) is 0. The van der Waals surface area contributed by atoms with Gasteiger partial charge in [-0.3, -0.25) is 9.59 Å². The first kappa shape index (κ1) is 16.2. The Morgan fingerprint density at radius 1 is 1.11 bits per heavy atom. The van der Waals surface area contributed by atoms with Gasteiger partial charge in [0.25, 0.3) is 0 Å². The average Bonchev–Trinajstić information content (AvgIpc) is 2.78. The Hall–Kier alpha value is -0.860. The SMILES string of the molecule is CCCCCCCCCCC(=O)CC1CCOC1=O. The lowest BCUT2D eigenvalue weighted by Crippen LogP contribution is -2.13. The predicted molar refractivity (Wildman–Crippen MR) is 75.9 cm³/mol. The van der Waals surface area contributed by atoms with E-state index in [9.17, 15) is 9.59 Å². The summed E-state index contributed by atoms with van der Waals surface area (Å²) >= 11 is 0. The second-order valence-electron chi connectivity index (χ2n) is 5.62. The fraction of sp³-hybridized carbons (Fsp3) is 0.875. The first-order valence-corrected chi connectivity index (χ1v) is 7.92. The van der Waals surface area contributed by atoms with E-state index in [1.165, 1.54) is 38.5 Å². The lowest BCUT2D eigenvalue weighted by Gasteiger charge is -2.05. The standard InChI is InChI=1S/C16H28O3/c1-2-3-4-5-6-7-8-9-10-15(17)13-14-11-12-19-16(14)18/h14H,2-13H2,1H3. The molecule has 1 saturated heterocycles. The van der Waals surface area contributed by atoms with Gasteiger partial charge in [-0.05, 0) is 12.8 Å². The Morgan fingerprint density at radius 3 is 2.32 bits per heavy atom. The van der Waals surface area contributed by atoms with Crippen molar-refractivity contribution in [3.8, 4) is 0 Å². The second-order valence-corrected chi connectivity index (χ2v) is 5.62. The van der Waals surface area contributed by atoms with Crippen LogP contribution in [0.5, 0.6) is 0 Å². The molecule has 0 aromatic rings. The van der Waals surface area contributed by atoms with Crippen LogP contribution in [0.3, 0.4) is 0 Å². The van der Waals surface area contributed by atoms with Gasteiger partial charge in [-0.15, -0.1) is 0 Å². The van der Waals surface area contributed by atoms with Gasteiger partial charge in [0, 0.05) is 12.8 Å². The molecule has 0 aromatic carbocycles. The number of ether oxygens (including phenoxy) is 1. The van der Waals surface area contributed by atoms with Crippen molar-refractivity contribution in [2.75, 3.05) is 6.61 Å². The van der Waals surface area contributed by atoms with Crippen molar-refractivity contribution in [3.63, 3.8) is 0 Å². The van der Waals surface area contributed by atoms with Crippen molar-refractivity contribution in [1.29, 1.82) is 0 Å². The number of carbonyl (C=O) groups is 2. The molecule has 1 heterocycles. The fourth-order valence-corrected chi connectivity index (χ4v) is 2.56. The molecule has 1 atom stereocenters. The van der Waals surface area contributed by atoms with Gasteiger partial charge < -0.3 is 4.74 Å². The number of rotatable bonds is 11. The Balaban J connectivity index is 1.91. The number of Topliss-reactive ketones (excluding diaryl/α,β-unsaturated/α-hetero) is 1. The zero-order valence-corrected chi connectivity index (χ0v) is 12.3.